The maximum Gasteiger partial charge on any atom is 0.305 e. The molecule has 0 bridgehead atoms. The molecule has 31 heavy (non-hydrogen) atoms. The SMILES string of the molecule is CC(=O)Nc1ccc(S(=O)(=O)N[C@H](CC(=O)O)c2ccc(OC3CCCC3)cc2)cc1. The average Bonchev–Trinajstić information content (AvgIpc) is 3.20. The highest BCUT2D eigenvalue weighted by Crippen LogP contribution is 2.27. The van der Waals surface area contributed by atoms with Crippen molar-refractivity contribution < 1.29 is 27.9 Å². The Balaban J connectivity index is 1.75. The van der Waals surface area contributed by atoms with Gasteiger partial charge in [0.2, 0.25) is 15.9 Å². The predicted molar refractivity (Wildman–Crippen MR) is 115 cm³/mol. The molecule has 166 valence electrons. The van der Waals surface area contributed by atoms with Gasteiger partial charge in [0.1, 0.15) is 5.75 Å². The summed E-state index contributed by atoms with van der Waals surface area (Å²) in [5, 5.41) is 11.8. The molecule has 1 saturated carbocycles. The normalized spacial score (nSPS) is 15.4. The number of sulfonamides is 1. The molecule has 1 fully saturated rings. The Labute approximate surface area is 181 Å². The van der Waals surface area contributed by atoms with Crippen molar-refractivity contribution in [1.82, 2.24) is 4.72 Å². The summed E-state index contributed by atoms with van der Waals surface area (Å²) < 4.78 is 34.0. The van der Waals surface area contributed by atoms with Gasteiger partial charge in [-0.25, -0.2) is 13.1 Å². The first-order chi connectivity index (χ1) is 14.7. The first-order valence-corrected chi connectivity index (χ1v) is 11.6. The Morgan fingerprint density at radius 2 is 1.68 bits per heavy atom. The van der Waals surface area contributed by atoms with E-state index in [0.29, 0.717) is 17.0 Å². The van der Waals surface area contributed by atoms with Gasteiger partial charge in [-0.3, -0.25) is 9.59 Å². The molecule has 1 atom stereocenters. The summed E-state index contributed by atoms with van der Waals surface area (Å²) in [7, 11) is -3.98. The summed E-state index contributed by atoms with van der Waals surface area (Å²) in [6.07, 6.45) is 4.12. The highest BCUT2D eigenvalue weighted by molar-refractivity contribution is 7.89. The van der Waals surface area contributed by atoms with E-state index in [9.17, 15) is 23.1 Å². The Kier molecular flexibility index (Phi) is 7.29. The first kappa shape index (κ1) is 22.8. The Morgan fingerprint density at radius 1 is 1.06 bits per heavy atom. The molecule has 1 amide bonds. The zero-order valence-electron chi connectivity index (χ0n) is 17.2. The number of carboxylic acid groups (broad SMARTS) is 1. The van der Waals surface area contributed by atoms with Crippen LogP contribution in [0.5, 0.6) is 5.75 Å². The molecule has 9 heteroatoms. The van der Waals surface area contributed by atoms with Crippen LogP contribution in [0.3, 0.4) is 0 Å². The average molecular weight is 447 g/mol. The van der Waals surface area contributed by atoms with Crippen molar-refractivity contribution in [2.75, 3.05) is 5.32 Å². The number of carboxylic acids is 1. The van der Waals surface area contributed by atoms with Crippen LogP contribution in [0.2, 0.25) is 0 Å². The van der Waals surface area contributed by atoms with E-state index in [1.54, 1.807) is 24.3 Å². The molecule has 0 aromatic heterocycles. The zero-order valence-corrected chi connectivity index (χ0v) is 18.0. The fourth-order valence-electron chi connectivity index (χ4n) is 3.56. The molecule has 0 aliphatic heterocycles. The summed E-state index contributed by atoms with van der Waals surface area (Å²) in [5.74, 6) is -0.711. The van der Waals surface area contributed by atoms with Crippen LogP contribution in [-0.2, 0) is 19.6 Å². The molecule has 0 spiro atoms. The second-order valence-electron chi connectivity index (χ2n) is 7.57. The number of nitrogens with one attached hydrogen (secondary N) is 2. The number of carbonyl (C=O) groups excluding carboxylic acids is 1. The summed E-state index contributed by atoms with van der Waals surface area (Å²) in [5.41, 5.74) is 0.992. The number of carbonyl (C=O) groups is 2. The lowest BCUT2D eigenvalue weighted by Crippen LogP contribution is -2.30. The van der Waals surface area contributed by atoms with E-state index in [1.165, 1.54) is 31.2 Å². The summed E-state index contributed by atoms with van der Waals surface area (Å²) in [6.45, 7) is 1.35. The molecule has 0 heterocycles. The molecule has 1 aliphatic rings. The molecule has 2 aromatic carbocycles. The lowest BCUT2D eigenvalue weighted by molar-refractivity contribution is -0.137. The lowest BCUT2D eigenvalue weighted by Gasteiger charge is -2.19. The third-order valence-corrected chi connectivity index (χ3v) is 6.54. The van der Waals surface area contributed by atoms with Crippen LogP contribution in [0.25, 0.3) is 0 Å². The van der Waals surface area contributed by atoms with Crippen molar-refractivity contribution in [2.24, 2.45) is 0 Å². The Morgan fingerprint density at radius 3 is 2.23 bits per heavy atom. The third kappa shape index (κ3) is 6.53. The minimum Gasteiger partial charge on any atom is -0.490 e. The number of benzene rings is 2. The van der Waals surface area contributed by atoms with Crippen molar-refractivity contribution in [3.63, 3.8) is 0 Å². The number of hydrogen-bond acceptors (Lipinski definition) is 5. The van der Waals surface area contributed by atoms with Crippen molar-refractivity contribution >= 4 is 27.6 Å². The van der Waals surface area contributed by atoms with Gasteiger partial charge >= 0.3 is 5.97 Å². The van der Waals surface area contributed by atoms with Crippen LogP contribution in [0.15, 0.2) is 53.4 Å². The highest BCUT2D eigenvalue weighted by atomic mass is 32.2. The van der Waals surface area contributed by atoms with Gasteiger partial charge in [0.15, 0.2) is 0 Å². The molecule has 3 N–H and O–H groups in total. The van der Waals surface area contributed by atoms with E-state index in [2.05, 4.69) is 10.0 Å². The molecule has 0 radical (unpaired) electrons. The number of anilines is 1. The van der Waals surface area contributed by atoms with Crippen molar-refractivity contribution in [3.8, 4) is 5.75 Å². The van der Waals surface area contributed by atoms with Gasteiger partial charge in [-0.05, 0) is 67.6 Å². The molecular formula is C22H26N2O6S. The summed E-state index contributed by atoms with van der Waals surface area (Å²) >= 11 is 0. The van der Waals surface area contributed by atoms with Crippen LogP contribution in [-0.4, -0.2) is 31.5 Å². The number of aliphatic carboxylic acids is 1. The zero-order chi connectivity index (χ0) is 22.4. The Bertz CT molecular complexity index is 1010. The fourth-order valence-corrected chi connectivity index (χ4v) is 4.78. The maximum atomic E-state index is 12.8. The molecule has 1 aliphatic carbocycles. The van der Waals surface area contributed by atoms with E-state index in [0.717, 1.165) is 25.7 Å². The van der Waals surface area contributed by atoms with Gasteiger partial charge in [-0.1, -0.05) is 12.1 Å². The smallest absolute Gasteiger partial charge is 0.305 e. The van der Waals surface area contributed by atoms with Crippen LogP contribution in [0.4, 0.5) is 5.69 Å². The van der Waals surface area contributed by atoms with Gasteiger partial charge in [0.25, 0.3) is 0 Å². The first-order valence-electron chi connectivity index (χ1n) is 10.1. The van der Waals surface area contributed by atoms with Crippen LogP contribution in [0.1, 0.15) is 50.6 Å². The van der Waals surface area contributed by atoms with E-state index in [1.807, 2.05) is 0 Å². The number of rotatable bonds is 9. The van der Waals surface area contributed by atoms with E-state index in [4.69, 9.17) is 4.74 Å². The maximum absolute atomic E-state index is 12.8. The van der Waals surface area contributed by atoms with Crippen LogP contribution >= 0.6 is 0 Å². The summed E-state index contributed by atoms with van der Waals surface area (Å²) in [6, 6.07) is 11.5. The number of hydrogen-bond donors (Lipinski definition) is 3. The topological polar surface area (TPSA) is 122 Å². The second-order valence-corrected chi connectivity index (χ2v) is 9.28. The minimum atomic E-state index is -3.98. The standard InChI is InChI=1S/C22H26N2O6S/c1-15(25)23-17-8-12-20(13-9-17)31(28,29)24-21(14-22(26)27)16-6-10-19(11-7-16)30-18-4-2-3-5-18/h6-13,18,21,24H,2-5,14H2,1H3,(H,23,25)(H,26,27)/t21-/m1/s1. The lowest BCUT2D eigenvalue weighted by atomic mass is 10.0. The van der Waals surface area contributed by atoms with E-state index in [-0.39, 0.29) is 16.9 Å². The van der Waals surface area contributed by atoms with Gasteiger partial charge < -0.3 is 15.2 Å². The molecule has 0 unspecified atom stereocenters. The molecule has 8 nitrogen and oxygen atoms in total. The molecule has 0 saturated heterocycles. The van der Waals surface area contributed by atoms with E-state index >= 15 is 0 Å². The Hall–Kier alpha value is -2.91. The number of amides is 1. The number of ether oxygens (including phenoxy) is 1. The minimum absolute atomic E-state index is 0.0295. The van der Waals surface area contributed by atoms with Gasteiger partial charge in [0.05, 0.1) is 23.5 Å². The fraction of sp³-hybridized carbons (Fsp3) is 0.364. The van der Waals surface area contributed by atoms with Gasteiger partial charge in [0, 0.05) is 12.6 Å². The van der Waals surface area contributed by atoms with Crippen molar-refractivity contribution in [2.45, 2.75) is 56.1 Å². The van der Waals surface area contributed by atoms with E-state index < -0.39 is 28.5 Å². The predicted octanol–water partition coefficient (Wildman–Crippen LogP) is 3.46. The largest absolute Gasteiger partial charge is 0.490 e. The second kappa shape index (κ2) is 9.93. The molecule has 3 rings (SSSR count). The molecular weight excluding hydrogens is 420 g/mol. The quantitative estimate of drug-likeness (QED) is 0.542. The highest BCUT2D eigenvalue weighted by Gasteiger charge is 2.24. The monoisotopic (exact) mass is 446 g/mol. The van der Waals surface area contributed by atoms with Crippen molar-refractivity contribution in [3.05, 3.63) is 54.1 Å². The van der Waals surface area contributed by atoms with Crippen LogP contribution < -0.4 is 14.8 Å². The van der Waals surface area contributed by atoms with Crippen LogP contribution in [0, 0.1) is 0 Å². The summed E-state index contributed by atoms with van der Waals surface area (Å²) in [4.78, 5) is 22.4. The van der Waals surface area contributed by atoms with Crippen molar-refractivity contribution in [1.29, 1.82) is 0 Å². The third-order valence-electron chi connectivity index (χ3n) is 5.05. The van der Waals surface area contributed by atoms with Gasteiger partial charge in [-0.2, -0.15) is 0 Å². The molecule has 2 aromatic rings. The van der Waals surface area contributed by atoms with Gasteiger partial charge in [-0.15, -0.1) is 0 Å².